The second-order valence-electron chi connectivity index (χ2n) is 2.68. The molecule has 1 aliphatic carbocycles. The van der Waals surface area contributed by atoms with Crippen molar-refractivity contribution in [3.63, 3.8) is 0 Å². The maximum Gasteiger partial charge on any atom is 0.311 e. The summed E-state index contributed by atoms with van der Waals surface area (Å²) in [5.41, 5.74) is 0. The van der Waals surface area contributed by atoms with Crippen LogP contribution in [-0.2, 0) is 9.53 Å². The highest BCUT2D eigenvalue weighted by atomic mass is 16.6. The number of carbonyl (C=O) groups excluding carboxylic acids is 1. The van der Waals surface area contributed by atoms with Crippen molar-refractivity contribution in [1.82, 2.24) is 0 Å². The number of carbonyl (C=O) groups is 1. The minimum absolute atomic E-state index is 0.0278. The molecule has 50 valence electrons. The Balaban J connectivity index is 2.17. The molecule has 1 saturated heterocycles. The predicted octanol–water partition coefficient (Wildman–Crippen LogP) is -0.112. The molecular weight excluding hydrogens is 120 g/mol. The molecule has 0 spiro atoms. The number of cyclic esters (lactones) is 1. The standard InChI is InChI=1S/C6H8O3/c7-5-3-1-2-4(3)6(8)9-5/h3-5,7H,1-2H2/t3?,4?,5-/m1/s1. The maximum absolute atomic E-state index is 10.7. The first kappa shape index (κ1) is 5.23. The molecule has 1 aliphatic heterocycles. The van der Waals surface area contributed by atoms with Crippen LogP contribution in [0.2, 0.25) is 0 Å². The average Bonchev–Trinajstić information content (AvgIpc) is 1.73. The van der Waals surface area contributed by atoms with Gasteiger partial charge in [-0.25, -0.2) is 0 Å². The summed E-state index contributed by atoms with van der Waals surface area (Å²) in [6, 6.07) is 0. The monoisotopic (exact) mass is 128 g/mol. The molecule has 1 saturated carbocycles. The van der Waals surface area contributed by atoms with Gasteiger partial charge in [0.05, 0.1) is 5.92 Å². The second-order valence-corrected chi connectivity index (χ2v) is 2.68. The SMILES string of the molecule is O=C1O[C@@H](O)C2CCC12. The van der Waals surface area contributed by atoms with Gasteiger partial charge in [-0.2, -0.15) is 0 Å². The summed E-state index contributed by atoms with van der Waals surface area (Å²) >= 11 is 0. The van der Waals surface area contributed by atoms with E-state index >= 15 is 0 Å². The molecule has 9 heavy (non-hydrogen) atoms. The molecule has 0 aromatic rings. The van der Waals surface area contributed by atoms with Gasteiger partial charge in [-0.3, -0.25) is 4.79 Å². The van der Waals surface area contributed by atoms with E-state index in [-0.39, 0.29) is 17.8 Å². The lowest BCUT2D eigenvalue weighted by Gasteiger charge is -2.26. The Morgan fingerprint density at radius 1 is 1.56 bits per heavy atom. The lowest BCUT2D eigenvalue weighted by molar-refractivity contribution is -0.155. The fourth-order valence-electron chi connectivity index (χ4n) is 1.45. The first-order valence-electron chi connectivity index (χ1n) is 3.17. The lowest BCUT2D eigenvalue weighted by atomic mass is 9.75. The van der Waals surface area contributed by atoms with Gasteiger partial charge in [-0.15, -0.1) is 0 Å². The number of hydrogen-bond acceptors (Lipinski definition) is 3. The van der Waals surface area contributed by atoms with Crippen LogP contribution in [-0.4, -0.2) is 17.4 Å². The molecule has 1 N–H and O–H groups in total. The number of esters is 1. The maximum atomic E-state index is 10.7. The van der Waals surface area contributed by atoms with Crippen LogP contribution >= 0.6 is 0 Å². The molecule has 0 aromatic carbocycles. The molecule has 0 radical (unpaired) electrons. The van der Waals surface area contributed by atoms with Gasteiger partial charge in [0.2, 0.25) is 6.29 Å². The summed E-state index contributed by atoms with van der Waals surface area (Å²) in [6.45, 7) is 0. The summed E-state index contributed by atoms with van der Waals surface area (Å²) in [4.78, 5) is 10.7. The normalized spacial score (nSPS) is 47.7. The Labute approximate surface area is 52.6 Å². The van der Waals surface area contributed by atoms with Gasteiger partial charge in [0, 0.05) is 5.92 Å². The fourth-order valence-corrected chi connectivity index (χ4v) is 1.45. The summed E-state index contributed by atoms with van der Waals surface area (Å²) < 4.78 is 4.56. The van der Waals surface area contributed by atoms with E-state index in [0.717, 1.165) is 12.8 Å². The van der Waals surface area contributed by atoms with E-state index in [9.17, 15) is 4.79 Å². The van der Waals surface area contributed by atoms with E-state index in [1.54, 1.807) is 0 Å². The van der Waals surface area contributed by atoms with Gasteiger partial charge in [-0.05, 0) is 12.8 Å². The van der Waals surface area contributed by atoms with Gasteiger partial charge in [0.1, 0.15) is 0 Å². The number of aliphatic hydroxyl groups is 1. The number of fused-ring (bicyclic) bond motifs is 1. The second kappa shape index (κ2) is 1.48. The van der Waals surface area contributed by atoms with Crippen LogP contribution in [0.1, 0.15) is 12.8 Å². The van der Waals surface area contributed by atoms with Crippen LogP contribution in [0.15, 0.2) is 0 Å². The third kappa shape index (κ3) is 0.525. The first-order valence-corrected chi connectivity index (χ1v) is 3.17. The molecule has 3 heteroatoms. The van der Waals surface area contributed by atoms with Gasteiger partial charge in [-0.1, -0.05) is 0 Å². The molecule has 0 bridgehead atoms. The highest BCUT2D eigenvalue weighted by Gasteiger charge is 2.49. The van der Waals surface area contributed by atoms with Crippen molar-refractivity contribution < 1.29 is 14.6 Å². The minimum atomic E-state index is -0.795. The molecular formula is C6H8O3. The summed E-state index contributed by atoms with van der Waals surface area (Å²) in [7, 11) is 0. The lowest BCUT2D eigenvalue weighted by Crippen LogP contribution is -2.29. The third-order valence-corrected chi connectivity index (χ3v) is 2.23. The van der Waals surface area contributed by atoms with Crippen molar-refractivity contribution in [2.75, 3.05) is 0 Å². The van der Waals surface area contributed by atoms with Gasteiger partial charge in [0.15, 0.2) is 0 Å². The number of aliphatic hydroxyl groups excluding tert-OH is 1. The molecule has 3 nitrogen and oxygen atoms in total. The molecule has 2 rings (SSSR count). The Kier molecular flexibility index (Phi) is 0.858. The van der Waals surface area contributed by atoms with Crippen molar-refractivity contribution in [3.05, 3.63) is 0 Å². The molecule has 0 aromatic heterocycles. The third-order valence-electron chi connectivity index (χ3n) is 2.23. The minimum Gasteiger partial charge on any atom is -0.435 e. The van der Waals surface area contributed by atoms with Crippen LogP contribution in [0.25, 0.3) is 0 Å². The summed E-state index contributed by atoms with van der Waals surface area (Å²) in [6.07, 6.45) is 1.05. The van der Waals surface area contributed by atoms with Crippen LogP contribution in [0.4, 0.5) is 0 Å². The van der Waals surface area contributed by atoms with Crippen molar-refractivity contribution in [2.24, 2.45) is 11.8 Å². The van der Waals surface area contributed by atoms with Crippen molar-refractivity contribution in [1.29, 1.82) is 0 Å². The Bertz CT molecular complexity index is 154. The smallest absolute Gasteiger partial charge is 0.311 e. The zero-order valence-corrected chi connectivity index (χ0v) is 4.91. The van der Waals surface area contributed by atoms with E-state index in [4.69, 9.17) is 5.11 Å². The van der Waals surface area contributed by atoms with Crippen molar-refractivity contribution in [2.45, 2.75) is 19.1 Å². The molecule has 2 unspecified atom stereocenters. The fraction of sp³-hybridized carbons (Fsp3) is 0.833. The molecule has 0 amide bonds. The molecule has 2 aliphatic rings. The zero-order chi connectivity index (χ0) is 6.43. The number of rotatable bonds is 0. The van der Waals surface area contributed by atoms with E-state index in [2.05, 4.69) is 4.74 Å². The van der Waals surface area contributed by atoms with Crippen LogP contribution in [0.5, 0.6) is 0 Å². The van der Waals surface area contributed by atoms with Gasteiger partial charge >= 0.3 is 5.97 Å². The predicted molar refractivity (Wildman–Crippen MR) is 28.3 cm³/mol. The summed E-state index contributed by atoms with van der Waals surface area (Å²) in [5, 5.41) is 8.95. The highest BCUT2D eigenvalue weighted by molar-refractivity contribution is 5.76. The van der Waals surface area contributed by atoms with Crippen LogP contribution in [0.3, 0.4) is 0 Å². The topological polar surface area (TPSA) is 46.5 Å². The number of hydrogen-bond donors (Lipinski definition) is 1. The Morgan fingerprint density at radius 2 is 2.33 bits per heavy atom. The van der Waals surface area contributed by atoms with Crippen molar-refractivity contribution in [3.8, 4) is 0 Å². The largest absolute Gasteiger partial charge is 0.435 e. The van der Waals surface area contributed by atoms with Crippen LogP contribution in [0, 0.1) is 11.8 Å². The first-order chi connectivity index (χ1) is 4.29. The Hall–Kier alpha value is -0.570. The molecule has 3 atom stereocenters. The molecule has 2 fully saturated rings. The van der Waals surface area contributed by atoms with E-state index in [0.29, 0.717) is 0 Å². The summed E-state index contributed by atoms with van der Waals surface area (Å²) in [5.74, 6) is -0.0590. The van der Waals surface area contributed by atoms with Gasteiger partial charge < -0.3 is 9.84 Å². The van der Waals surface area contributed by atoms with Crippen molar-refractivity contribution >= 4 is 5.97 Å². The average molecular weight is 128 g/mol. The molecule has 1 heterocycles. The quantitative estimate of drug-likeness (QED) is 0.463. The van der Waals surface area contributed by atoms with E-state index < -0.39 is 6.29 Å². The van der Waals surface area contributed by atoms with Crippen LogP contribution < -0.4 is 0 Å². The van der Waals surface area contributed by atoms with E-state index in [1.165, 1.54) is 0 Å². The highest BCUT2D eigenvalue weighted by Crippen LogP contribution is 2.42. The number of ether oxygens (including phenoxy) is 1. The Morgan fingerprint density at radius 3 is 2.56 bits per heavy atom. The van der Waals surface area contributed by atoms with E-state index in [1.807, 2.05) is 0 Å². The zero-order valence-electron chi connectivity index (χ0n) is 4.91. The van der Waals surface area contributed by atoms with Gasteiger partial charge in [0.25, 0.3) is 0 Å².